The van der Waals surface area contributed by atoms with Crippen LogP contribution >= 0.6 is 11.3 Å². The van der Waals surface area contributed by atoms with Crippen molar-refractivity contribution in [3.05, 3.63) is 35.2 Å². The molecule has 0 atom stereocenters. The van der Waals surface area contributed by atoms with E-state index < -0.39 is 0 Å². The molecule has 0 bridgehead atoms. The van der Waals surface area contributed by atoms with Crippen LogP contribution in [0.5, 0.6) is 11.5 Å². The van der Waals surface area contributed by atoms with Gasteiger partial charge in [0.1, 0.15) is 11.5 Å². The second-order valence-electron chi connectivity index (χ2n) is 3.11. The summed E-state index contributed by atoms with van der Waals surface area (Å²) < 4.78 is 0. The van der Waals surface area contributed by atoms with Gasteiger partial charge in [0, 0.05) is 16.5 Å². The van der Waals surface area contributed by atoms with Gasteiger partial charge < -0.3 is 10.2 Å². The maximum Gasteiger partial charge on any atom is 0.122 e. The van der Waals surface area contributed by atoms with Crippen LogP contribution in [-0.2, 0) is 0 Å². The van der Waals surface area contributed by atoms with E-state index in [9.17, 15) is 10.2 Å². The first kappa shape index (κ1) is 9.09. The zero-order valence-electron chi connectivity index (χ0n) is 7.69. The summed E-state index contributed by atoms with van der Waals surface area (Å²) >= 11 is 1.59. The molecule has 0 aliphatic carbocycles. The van der Waals surface area contributed by atoms with Gasteiger partial charge in [0.05, 0.1) is 0 Å². The lowest BCUT2D eigenvalue weighted by atomic mass is 10.1. The van der Waals surface area contributed by atoms with Crippen LogP contribution in [0, 0.1) is 6.92 Å². The van der Waals surface area contributed by atoms with Crippen molar-refractivity contribution >= 4 is 11.3 Å². The van der Waals surface area contributed by atoms with E-state index in [-0.39, 0.29) is 11.5 Å². The Hall–Kier alpha value is -1.48. The van der Waals surface area contributed by atoms with Crippen LogP contribution in [0.4, 0.5) is 0 Å². The molecule has 72 valence electrons. The summed E-state index contributed by atoms with van der Waals surface area (Å²) in [6, 6.07) is 6.93. The number of phenolic OH excluding ortho intramolecular Hbond substituents is 2. The number of thiophene rings is 1. The van der Waals surface area contributed by atoms with Gasteiger partial charge in [0.2, 0.25) is 0 Å². The molecule has 2 N–H and O–H groups in total. The first-order chi connectivity index (χ1) is 6.68. The molecule has 0 radical (unpaired) electrons. The number of aromatic hydroxyl groups is 2. The van der Waals surface area contributed by atoms with Gasteiger partial charge >= 0.3 is 0 Å². The average Bonchev–Trinajstić information content (AvgIpc) is 2.63. The van der Waals surface area contributed by atoms with Crippen molar-refractivity contribution in [3.63, 3.8) is 0 Å². The molecule has 0 amide bonds. The van der Waals surface area contributed by atoms with Crippen LogP contribution in [0.3, 0.4) is 0 Å². The van der Waals surface area contributed by atoms with Gasteiger partial charge in [-0.1, -0.05) is 6.07 Å². The molecule has 14 heavy (non-hydrogen) atoms. The fourth-order valence-electron chi connectivity index (χ4n) is 1.37. The summed E-state index contributed by atoms with van der Waals surface area (Å²) in [6.07, 6.45) is 0. The molecule has 0 spiro atoms. The Morgan fingerprint density at radius 3 is 2.64 bits per heavy atom. The zero-order valence-corrected chi connectivity index (χ0v) is 8.51. The first-order valence-corrected chi connectivity index (χ1v) is 5.13. The molecule has 0 saturated carbocycles. The van der Waals surface area contributed by atoms with Crippen LogP contribution in [0.15, 0.2) is 29.6 Å². The highest BCUT2D eigenvalue weighted by molar-refractivity contribution is 7.13. The van der Waals surface area contributed by atoms with Crippen LogP contribution in [-0.4, -0.2) is 10.2 Å². The normalized spacial score (nSPS) is 10.4. The van der Waals surface area contributed by atoms with E-state index in [0.29, 0.717) is 0 Å². The van der Waals surface area contributed by atoms with Gasteiger partial charge in [-0.3, -0.25) is 0 Å². The van der Waals surface area contributed by atoms with E-state index in [1.807, 2.05) is 24.4 Å². The van der Waals surface area contributed by atoms with Crippen molar-refractivity contribution in [2.75, 3.05) is 0 Å². The van der Waals surface area contributed by atoms with E-state index >= 15 is 0 Å². The zero-order chi connectivity index (χ0) is 10.1. The van der Waals surface area contributed by atoms with Gasteiger partial charge in [-0.15, -0.1) is 11.3 Å². The second-order valence-corrected chi connectivity index (χ2v) is 4.06. The highest BCUT2D eigenvalue weighted by atomic mass is 32.1. The van der Waals surface area contributed by atoms with Gasteiger partial charge in [-0.2, -0.15) is 0 Å². The number of benzene rings is 1. The first-order valence-electron chi connectivity index (χ1n) is 4.25. The molecule has 0 fully saturated rings. The van der Waals surface area contributed by atoms with Crippen molar-refractivity contribution in [2.45, 2.75) is 6.92 Å². The van der Waals surface area contributed by atoms with Crippen molar-refractivity contribution in [1.82, 2.24) is 0 Å². The third-order valence-electron chi connectivity index (χ3n) is 2.15. The second kappa shape index (κ2) is 3.35. The molecule has 0 aliphatic heterocycles. The molecule has 3 heteroatoms. The molecular weight excluding hydrogens is 196 g/mol. The molecule has 2 aromatic rings. The molecule has 1 aromatic carbocycles. The van der Waals surface area contributed by atoms with E-state index in [2.05, 4.69) is 0 Å². The predicted octanol–water partition coefficient (Wildman–Crippen LogP) is 3.13. The third kappa shape index (κ3) is 1.46. The Labute approximate surface area is 86.1 Å². The summed E-state index contributed by atoms with van der Waals surface area (Å²) in [4.78, 5) is 1.05. The number of hydrogen-bond acceptors (Lipinski definition) is 3. The Morgan fingerprint density at radius 2 is 2.00 bits per heavy atom. The standard InChI is InChI=1S/C11H10O2S/c1-7-9(11-3-2-4-14-11)5-8(12)6-10(7)13/h2-6,12-13H,1H3. The van der Waals surface area contributed by atoms with Crippen molar-refractivity contribution < 1.29 is 10.2 Å². The minimum Gasteiger partial charge on any atom is -0.508 e. The van der Waals surface area contributed by atoms with Crippen LogP contribution in [0.1, 0.15) is 5.56 Å². The topological polar surface area (TPSA) is 40.5 Å². The summed E-state index contributed by atoms with van der Waals surface area (Å²) in [5.74, 6) is 0.227. The van der Waals surface area contributed by atoms with Crippen LogP contribution in [0.2, 0.25) is 0 Å². The molecule has 2 rings (SSSR count). The predicted molar refractivity (Wildman–Crippen MR) is 57.8 cm³/mol. The molecule has 0 saturated heterocycles. The lowest BCUT2D eigenvalue weighted by molar-refractivity contribution is 0.448. The Morgan fingerprint density at radius 1 is 1.21 bits per heavy atom. The number of rotatable bonds is 1. The molecule has 1 heterocycles. The lowest BCUT2D eigenvalue weighted by Gasteiger charge is -2.06. The highest BCUT2D eigenvalue weighted by Gasteiger charge is 2.08. The SMILES string of the molecule is Cc1c(O)cc(O)cc1-c1cccs1. The largest absolute Gasteiger partial charge is 0.508 e. The van der Waals surface area contributed by atoms with Gasteiger partial charge in [-0.25, -0.2) is 0 Å². The van der Waals surface area contributed by atoms with Crippen molar-refractivity contribution in [1.29, 1.82) is 0 Å². The summed E-state index contributed by atoms with van der Waals surface area (Å²) in [5, 5.41) is 20.9. The monoisotopic (exact) mass is 206 g/mol. The summed E-state index contributed by atoms with van der Waals surface area (Å²) in [5.41, 5.74) is 1.68. The maximum atomic E-state index is 9.52. The number of hydrogen-bond donors (Lipinski definition) is 2. The average molecular weight is 206 g/mol. The van der Waals surface area contributed by atoms with Crippen molar-refractivity contribution in [3.8, 4) is 21.9 Å². The van der Waals surface area contributed by atoms with Crippen LogP contribution < -0.4 is 0 Å². The Kier molecular flexibility index (Phi) is 2.17. The minimum absolute atomic E-state index is 0.0940. The molecule has 1 aromatic heterocycles. The fraction of sp³-hybridized carbons (Fsp3) is 0.0909. The maximum absolute atomic E-state index is 9.52. The van der Waals surface area contributed by atoms with Gasteiger partial charge in [0.25, 0.3) is 0 Å². The number of phenols is 2. The van der Waals surface area contributed by atoms with E-state index in [0.717, 1.165) is 16.0 Å². The van der Waals surface area contributed by atoms with Gasteiger partial charge in [-0.05, 0) is 30.0 Å². The lowest BCUT2D eigenvalue weighted by Crippen LogP contribution is -1.81. The van der Waals surface area contributed by atoms with E-state index in [1.165, 1.54) is 6.07 Å². The molecule has 2 nitrogen and oxygen atoms in total. The minimum atomic E-state index is 0.0940. The molecule has 0 aliphatic rings. The Bertz CT molecular complexity index is 447. The summed E-state index contributed by atoms with van der Waals surface area (Å²) in [7, 11) is 0. The fourth-order valence-corrected chi connectivity index (χ4v) is 2.17. The third-order valence-corrected chi connectivity index (χ3v) is 3.05. The van der Waals surface area contributed by atoms with E-state index in [1.54, 1.807) is 17.4 Å². The Balaban J connectivity index is 2.64. The van der Waals surface area contributed by atoms with Gasteiger partial charge in [0.15, 0.2) is 0 Å². The van der Waals surface area contributed by atoms with Crippen molar-refractivity contribution in [2.24, 2.45) is 0 Å². The van der Waals surface area contributed by atoms with Crippen LogP contribution in [0.25, 0.3) is 10.4 Å². The summed E-state index contributed by atoms with van der Waals surface area (Å²) in [6.45, 7) is 1.84. The molecular formula is C11H10O2S. The molecule has 0 unspecified atom stereocenters. The van der Waals surface area contributed by atoms with E-state index in [4.69, 9.17) is 0 Å². The quantitative estimate of drug-likeness (QED) is 0.752. The highest BCUT2D eigenvalue weighted by Crippen LogP contribution is 2.35. The smallest absolute Gasteiger partial charge is 0.122 e.